The highest BCUT2D eigenvalue weighted by molar-refractivity contribution is 7.87. The highest BCUT2D eigenvalue weighted by Crippen LogP contribution is 2.09. The Kier molecular flexibility index (Phi) is 5.49. The lowest BCUT2D eigenvalue weighted by atomic mass is 10.1. The van der Waals surface area contributed by atoms with E-state index in [0.29, 0.717) is 6.42 Å². The molecule has 0 atom stereocenters. The van der Waals surface area contributed by atoms with Gasteiger partial charge in [-0.05, 0) is 24.8 Å². The molecule has 1 aromatic rings. The van der Waals surface area contributed by atoms with E-state index in [1.165, 1.54) is 5.56 Å². The van der Waals surface area contributed by atoms with Gasteiger partial charge in [0.1, 0.15) is 5.75 Å². The van der Waals surface area contributed by atoms with Crippen LogP contribution in [0.5, 0.6) is 0 Å². The van der Waals surface area contributed by atoms with E-state index in [4.69, 9.17) is 4.55 Å². The summed E-state index contributed by atoms with van der Waals surface area (Å²) < 4.78 is 29.2. The number of hydrogen-bond donors (Lipinski definition) is 1. The predicted octanol–water partition coefficient (Wildman–Crippen LogP) is 2.84. The lowest BCUT2D eigenvalue weighted by Gasteiger charge is -2.01. The van der Waals surface area contributed by atoms with E-state index in [-0.39, 0.29) is 0 Å². The van der Waals surface area contributed by atoms with Gasteiger partial charge in [0.15, 0.2) is 0 Å². The summed E-state index contributed by atoms with van der Waals surface area (Å²) in [5, 5.41) is 0. The Balaban J connectivity index is 2.05. The number of rotatable bonds is 7. The minimum absolute atomic E-state index is 0.424. The van der Waals surface area contributed by atoms with Crippen LogP contribution in [0, 0.1) is 5.75 Å². The average molecular weight is 241 g/mol. The highest BCUT2D eigenvalue weighted by atomic mass is 32.2. The van der Waals surface area contributed by atoms with Gasteiger partial charge in [-0.25, -0.2) is 0 Å². The molecule has 1 radical (unpaired) electrons. The molecule has 0 heterocycles. The second kappa shape index (κ2) is 6.66. The quantitative estimate of drug-likeness (QED) is 0.590. The van der Waals surface area contributed by atoms with Crippen molar-refractivity contribution in [3.8, 4) is 0 Å². The molecule has 0 aliphatic heterocycles. The molecule has 16 heavy (non-hydrogen) atoms. The normalized spacial score (nSPS) is 11.6. The summed E-state index contributed by atoms with van der Waals surface area (Å²) in [7, 11) is -3.89. The molecule has 0 saturated heterocycles. The molecule has 0 aliphatic carbocycles. The van der Waals surface area contributed by atoms with Crippen LogP contribution >= 0.6 is 0 Å². The van der Waals surface area contributed by atoms with Crippen LogP contribution in [0.4, 0.5) is 0 Å². The molecule has 3 nitrogen and oxygen atoms in total. The van der Waals surface area contributed by atoms with Gasteiger partial charge in [-0.1, -0.05) is 43.2 Å². The second-order valence-electron chi connectivity index (χ2n) is 3.77. The van der Waals surface area contributed by atoms with Gasteiger partial charge in [0.25, 0.3) is 10.1 Å². The van der Waals surface area contributed by atoms with Crippen molar-refractivity contribution >= 4 is 10.1 Å². The largest absolute Gasteiger partial charge is 0.285 e. The van der Waals surface area contributed by atoms with Crippen molar-refractivity contribution in [2.24, 2.45) is 0 Å². The van der Waals surface area contributed by atoms with Crippen molar-refractivity contribution in [3.05, 3.63) is 41.6 Å². The molecule has 0 bridgehead atoms. The Morgan fingerprint density at radius 1 is 1.06 bits per heavy atom. The summed E-state index contributed by atoms with van der Waals surface area (Å²) >= 11 is 0. The molecule has 1 aromatic carbocycles. The fourth-order valence-electron chi connectivity index (χ4n) is 1.53. The fourth-order valence-corrected chi connectivity index (χ4v) is 1.99. The topological polar surface area (TPSA) is 54.4 Å². The van der Waals surface area contributed by atoms with E-state index in [9.17, 15) is 8.42 Å². The number of unbranched alkanes of at least 4 members (excludes halogenated alkanes) is 3. The molecule has 0 unspecified atom stereocenters. The first-order valence-electron chi connectivity index (χ1n) is 5.42. The van der Waals surface area contributed by atoms with E-state index >= 15 is 0 Å². The first-order valence-corrected chi connectivity index (χ1v) is 6.93. The Hall–Kier alpha value is -0.870. The van der Waals surface area contributed by atoms with E-state index in [0.717, 1.165) is 31.4 Å². The third-order valence-corrected chi connectivity index (χ3v) is 3.00. The van der Waals surface area contributed by atoms with E-state index in [1.54, 1.807) is 0 Å². The number of hydrogen-bond acceptors (Lipinski definition) is 2. The summed E-state index contributed by atoms with van der Waals surface area (Å²) in [4.78, 5) is 0. The number of benzene rings is 1. The molecule has 0 spiro atoms. The van der Waals surface area contributed by atoms with Crippen molar-refractivity contribution < 1.29 is 13.0 Å². The molecule has 89 valence electrons. The van der Waals surface area contributed by atoms with Gasteiger partial charge in [-0.2, -0.15) is 8.42 Å². The average Bonchev–Trinajstić information content (AvgIpc) is 2.23. The highest BCUT2D eigenvalue weighted by Gasteiger charge is 2.03. The van der Waals surface area contributed by atoms with E-state index < -0.39 is 10.1 Å². The molecule has 4 heteroatoms. The van der Waals surface area contributed by atoms with Gasteiger partial charge in [0.05, 0.1) is 0 Å². The molecule has 1 rings (SSSR count). The summed E-state index contributed by atoms with van der Waals surface area (Å²) in [5.74, 6) is 0.968. The zero-order valence-corrected chi connectivity index (χ0v) is 9.99. The lowest BCUT2D eigenvalue weighted by molar-refractivity contribution is 0.487. The van der Waals surface area contributed by atoms with Gasteiger partial charge in [-0.3, -0.25) is 4.55 Å². The van der Waals surface area contributed by atoms with Gasteiger partial charge in [0.2, 0.25) is 0 Å². The Bertz CT molecular complexity index is 384. The minimum atomic E-state index is -3.89. The van der Waals surface area contributed by atoms with Gasteiger partial charge < -0.3 is 0 Å². The van der Waals surface area contributed by atoms with Crippen LogP contribution in [0.25, 0.3) is 0 Å². The SMILES string of the molecule is O=S(=O)(O)[CH]CCCCCc1ccccc1. The van der Waals surface area contributed by atoms with Crippen LogP contribution < -0.4 is 0 Å². The molecular formula is C12H17O3S. The van der Waals surface area contributed by atoms with Crippen LogP contribution in [0.15, 0.2) is 30.3 Å². The van der Waals surface area contributed by atoms with Crippen LogP contribution in [0.3, 0.4) is 0 Å². The van der Waals surface area contributed by atoms with Crippen LogP contribution in [-0.2, 0) is 16.5 Å². The van der Waals surface area contributed by atoms with Crippen molar-refractivity contribution in [2.45, 2.75) is 32.1 Å². The third kappa shape index (κ3) is 6.58. The number of aryl methyl sites for hydroxylation is 1. The van der Waals surface area contributed by atoms with Crippen LogP contribution in [0.2, 0.25) is 0 Å². The standard InChI is InChI=1S/C12H17O3S/c13-16(14,15)11-7-2-1-4-8-12-9-5-3-6-10-12/h3,5-6,9-11H,1-2,4,7-8H2,(H,13,14,15). The second-order valence-corrected chi connectivity index (χ2v) is 5.13. The molecule has 0 amide bonds. The lowest BCUT2D eigenvalue weighted by Crippen LogP contribution is -1.97. The maximum Gasteiger partial charge on any atom is 0.269 e. The van der Waals surface area contributed by atoms with Gasteiger partial charge in [0, 0.05) is 0 Å². The molecule has 0 fully saturated rings. The van der Waals surface area contributed by atoms with Gasteiger partial charge in [-0.15, -0.1) is 0 Å². The fraction of sp³-hybridized carbons (Fsp3) is 0.417. The molecule has 0 aliphatic rings. The van der Waals surface area contributed by atoms with Crippen LogP contribution in [-0.4, -0.2) is 13.0 Å². The predicted molar refractivity (Wildman–Crippen MR) is 64.5 cm³/mol. The zero-order chi connectivity index (χ0) is 11.9. The summed E-state index contributed by atoms with van der Waals surface area (Å²) in [6.45, 7) is 0. The van der Waals surface area contributed by atoms with E-state index in [2.05, 4.69) is 12.1 Å². The Labute approximate surface area is 97.2 Å². The summed E-state index contributed by atoms with van der Waals surface area (Å²) in [6, 6.07) is 10.2. The third-order valence-electron chi connectivity index (χ3n) is 2.34. The molecule has 0 saturated carbocycles. The first kappa shape index (κ1) is 13.2. The van der Waals surface area contributed by atoms with E-state index in [1.807, 2.05) is 18.2 Å². The first-order chi connectivity index (χ1) is 7.58. The smallest absolute Gasteiger partial charge is 0.269 e. The maximum absolute atomic E-state index is 10.4. The zero-order valence-electron chi connectivity index (χ0n) is 9.17. The molecule has 1 N–H and O–H groups in total. The Morgan fingerprint density at radius 3 is 2.38 bits per heavy atom. The molecular weight excluding hydrogens is 224 g/mol. The summed E-state index contributed by atoms with van der Waals surface area (Å²) in [6.07, 6.45) is 4.26. The maximum atomic E-state index is 10.4. The molecule has 0 aromatic heterocycles. The van der Waals surface area contributed by atoms with Crippen LogP contribution in [0.1, 0.15) is 31.2 Å². The minimum Gasteiger partial charge on any atom is -0.285 e. The van der Waals surface area contributed by atoms with Crippen molar-refractivity contribution in [1.29, 1.82) is 0 Å². The summed E-state index contributed by atoms with van der Waals surface area (Å²) in [5.41, 5.74) is 1.31. The van der Waals surface area contributed by atoms with Crippen molar-refractivity contribution in [1.82, 2.24) is 0 Å². The van der Waals surface area contributed by atoms with Crippen molar-refractivity contribution in [3.63, 3.8) is 0 Å². The Morgan fingerprint density at radius 2 is 1.75 bits per heavy atom. The monoisotopic (exact) mass is 241 g/mol. The van der Waals surface area contributed by atoms with Crippen molar-refractivity contribution in [2.75, 3.05) is 0 Å². The van der Waals surface area contributed by atoms with Gasteiger partial charge >= 0.3 is 0 Å².